The number of ether oxygens (including phenoxy) is 1. The average Bonchev–Trinajstić information content (AvgIpc) is 2.80. The van der Waals surface area contributed by atoms with Crippen molar-refractivity contribution in [3.63, 3.8) is 0 Å². The number of nitrogens with zero attached hydrogens (tertiary/aromatic N) is 1. The topological polar surface area (TPSA) is 49.8 Å². The van der Waals surface area contributed by atoms with Crippen LogP contribution in [0.4, 0.5) is 0 Å². The van der Waals surface area contributed by atoms with Gasteiger partial charge in [0.25, 0.3) is 0 Å². The van der Waals surface area contributed by atoms with Gasteiger partial charge in [0.15, 0.2) is 0 Å². The van der Waals surface area contributed by atoms with E-state index in [9.17, 15) is 4.79 Å². The molecule has 92 valence electrons. The largest absolute Gasteiger partial charge is 0.394 e. The van der Waals surface area contributed by atoms with Crippen molar-refractivity contribution in [1.29, 1.82) is 0 Å². The summed E-state index contributed by atoms with van der Waals surface area (Å²) in [5, 5.41) is 9.25. The van der Waals surface area contributed by atoms with E-state index in [1.54, 1.807) is 11.8 Å². The highest BCUT2D eigenvalue weighted by Crippen LogP contribution is 2.28. The maximum absolute atomic E-state index is 12.2. The normalized spacial score (nSPS) is 35.4. The quantitative estimate of drug-likeness (QED) is 0.769. The molecule has 2 rings (SSSR count). The van der Waals surface area contributed by atoms with E-state index in [2.05, 4.69) is 0 Å². The van der Waals surface area contributed by atoms with Crippen LogP contribution in [0.15, 0.2) is 0 Å². The molecule has 0 radical (unpaired) electrons. The highest BCUT2D eigenvalue weighted by Gasteiger charge is 2.33. The summed E-state index contributed by atoms with van der Waals surface area (Å²) in [6, 6.07) is 0. The van der Waals surface area contributed by atoms with E-state index >= 15 is 0 Å². The lowest BCUT2D eigenvalue weighted by Crippen LogP contribution is -2.52. The first-order chi connectivity index (χ1) is 7.70. The molecule has 0 aromatic heterocycles. The zero-order chi connectivity index (χ0) is 11.5. The van der Waals surface area contributed by atoms with Crippen molar-refractivity contribution in [3.8, 4) is 0 Å². The lowest BCUT2D eigenvalue weighted by atomic mass is 10.2. The Morgan fingerprint density at radius 2 is 2.38 bits per heavy atom. The molecule has 2 heterocycles. The second-order valence-electron chi connectivity index (χ2n) is 4.50. The standard InChI is InChI=1S/C11H19NO3S/c1-8-5-12(6-9(7-13)15-8)11(14)10-3-2-4-16-10/h8-10,13H,2-7H2,1H3. The third-order valence-electron chi connectivity index (χ3n) is 3.05. The van der Waals surface area contributed by atoms with E-state index in [4.69, 9.17) is 9.84 Å². The summed E-state index contributed by atoms with van der Waals surface area (Å²) in [5.74, 6) is 1.33. The second-order valence-corrected chi connectivity index (χ2v) is 5.81. The van der Waals surface area contributed by atoms with Gasteiger partial charge in [0.2, 0.25) is 5.91 Å². The first kappa shape index (κ1) is 12.2. The van der Waals surface area contributed by atoms with Gasteiger partial charge in [0.05, 0.1) is 24.1 Å². The van der Waals surface area contributed by atoms with Crippen molar-refractivity contribution >= 4 is 17.7 Å². The molecule has 5 heteroatoms. The van der Waals surface area contributed by atoms with E-state index in [-0.39, 0.29) is 30.0 Å². The van der Waals surface area contributed by atoms with Gasteiger partial charge >= 0.3 is 0 Å². The molecule has 0 aliphatic carbocycles. The molecule has 0 bridgehead atoms. The highest BCUT2D eigenvalue weighted by atomic mass is 32.2. The van der Waals surface area contributed by atoms with Crippen LogP contribution < -0.4 is 0 Å². The van der Waals surface area contributed by atoms with E-state index in [1.807, 2.05) is 11.8 Å². The van der Waals surface area contributed by atoms with E-state index < -0.39 is 0 Å². The van der Waals surface area contributed by atoms with Gasteiger partial charge < -0.3 is 14.7 Å². The molecule has 1 amide bonds. The molecular formula is C11H19NO3S. The Morgan fingerprint density at radius 1 is 1.56 bits per heavy atom. The Balaban J connectivity index is 1.94. The molecule has 3 atom stereocenters. The number of rotatable bonds is 2. The Bertz CT molecular complexity index is 256. The van der Waals surface area contributed by atoms with Crippen LogP contribution in [-0.2, 0) is 9.53 Å². The summed E-state index contributed by atoms with van der Waals surface area (Å²) in [5.41, 5.74) is 0. The van der Waals surface area contributed by atoms with Crippen molar-refractivity contribution in [2.45, 2.75) is 37.2 Å². The van der Waals surface area contributed by atoms with Crippen molar-refractivity contribution in [2.75, 3.05) is 25.4 Å². The number of amides is 1. The fraction of sp³-hybridized carbons (Fsp3) is 0.909. The molecule has 2 fully saturated rings. The first-order valence-electron chi connectivity index (χ1n) is 5.87. The lowest BCUT2D eigenvalue weighted by molar-refractivity contribution is -0.146. The van der Waals surface area contributed by atoms with Gasteiger partial charge in [0, 0.05) is 13.1 Å². The van der Waals surface area contributed by atoms with Crippen molar-refractivity contribution in [3.05, 3.63) is 0 Å². The molecule has 4 nitrogen and oxygen atoms in total. The molecule has 0 aromatic carbocycles. The molecule has 2 saturated heterocycles. The number of aliphatic hydroxyl groups is 1. The fourth-order valence-corrected chi connectivity index (χ4v) is 3.54. The third-order valence-corrected chi connectivity index (χ3v) is 4.41. The van der Waals surface area contributed by atoms with E-state index in [0.717, 1.165) is 18.6 Å². The number of hydrogen-bond acceptors (Lipinski definition) is 4. The maximum atomic E-state index is 12.2. The molecule has 2 aliphatic rings. The Kier molecular flexibility index (Phi) is 4.10. The van der Waals surface area contributed by atoms with Gasteiger partial charge in [-0.1, -0.05) is 0 Å². The van der Waals surface area contributed by atoms with Crippen molar-refractivity contribution < 1.29 is 14.6 Å². The van der Waals surface area contributed by atoms with Crippen LogP contribution in [-0.4, -0.2) is 58.8 Å². The van der Waals surface area contributed by atoms with Crippen LogP contribution in [0.5, 0.6) is 0 Å². The number of carbonyl (C=O) groups is 1. The highest BCUT2D eigenvalue weighted by molar-refractivity contribution is 8.00. The first-order valence-corrected chi connectivity index (χ1v) is 6.92. The summed E-state index contributed by atoms with van der Waals surface area (Å²) >= 11 is 1.76. The predicted octanol–water partition coefficient (Wildman–Crippen LogP) is 0.490. The van der Waals surface area contributed by atoms with Gasteiger partial charge in [-0.2, -0.15) is 0 Å². The molecule has 3 unspecified atom stereocenters. The summed E-state index contributed by atoms with van der Waals surface area (Å²) in [4.78, 5) is 14.0. The monoisotopic (exact) mass is 245 g/mol. The minimum Gasteiger partial charge on any atom is -0.394 e. The summed E-state index contributed by atoms with van der Waals surface area (Å²) in [6.07, 6.45) is 1.96. The predicted molar refractivity (Wildman–Crippen MR) is 63.5 cm³/mol. The van der Waals surface area contributed by atoms with Crippen molar-refractivity contribution in [2.24, 2.45) is 0 Å². The molecule has 16 heavy (non-hydrogen) atoms. The maximum Gasteiger partial charge on any atom is 0.235 e. The minimum atomic E-state index is -0.209. The SMILES string of the molecule is CC1CN(C(=O)C2CCCS2)CC(CO)O1. The smallest absolute Gasteiger partial charge is 0.235 e. The number of hydrogen-bond donors (Lipinski definition) is 1. The van der Waals surface area contributed by atoms with Crippen LogP contribution in [0.2, 0.25) is 0 Å². The molecule has 0 aromatic rings. The van der Waals surface area contributed by atoms with Gasteiger partial charge in [-0.25, -0.2) is 0 Å². The van der Waals surface area contributed by atoms with Gasteiger partial charge in [-0.15, -0.1) is 11.8 Å². The molecule has 0 spiro atoms. The fourth-order valence-electron chi connectivity index (χ4n) is 2.30. The average molecular weight is 245 g/mol. The van der Waals surface area contributed by atoms with E-state index in [1.165, 1.54) is 0 Å². The van der Waals surface area contributed by atoms with Crippen LogP contribution in [0.1, 0.15) is 19.8 Å². The molecule has 2 aliphatic heterocycles. The lowest BCUT2D eigenvalue weighted by Gasteiger charge is -2.37. The zero-order valence-corrected chi connectivity index (χ0v) is 10.4. The number of thioether (sulfide) groups is 1. The van der Waals surface area contributed by atoms with Crippen LogP contribution in [0, 0.1) is 0 Å². The summed E-state index contributed by atoms with van der Waals surface area (Å²) in [7, 11) is 0. The number of aliphatic hydroxyl groups excluding tert-OH is 1. The van der Waals surface area contributed by atoms with Crippen molar-refractivity contribution in [1.82, 2.24) is 4.90 Å². The number of carbonyl (C=O) groups excluding carboxylic acids is 1. The molecular weight excluding hydrogens is 226 g/mol. The van der Waals surface area contributed by atoms with E-state index in [0.29, 0.717) is 13.1 Å². The Labute approximate surface area is 100 Å². The van der Waals surface area contributed by atoms with Crippen LogP contribution in [0.3, 0.4) is 0 Å². The third kappa shape index (κ3) is 2.70. The van der Waals surface area contributed by atoms with Crippen LogP contribution >= 0.6 is 11.8 Å². The minimum absolute atomic E-state index is 0.00801. The van der Waals surface area contributed by atoms with Gasteiger partial charge in [0.1, 0.15) is 0 Å². The Hall–Kier alpha value is -0.260. The van der Waals surface area contributed by atoms with Gasteiger partial charge in [-0.3, -0.25) is 4.79 Å². The Morgan fingerprint density at radius 3 is 3.00 bits per heavy atom. The summed E-state index contributed by atoms with van der Waals surface area (Å²) < 4.78 is 5.53. The van der Waals surface area contributed by atoms with Gasteiger partial charge in [-0.05, 0) is 25.5 Å². The second kappa shape index (κ2) is 5.38. The molecule has 0 saturated carbocycles. The summed E-state index contributed by atoms with van der Waals surface area (Å²) in [6.45, 7) is 3.14. The molecule has 1 N–H and O–H groups in total. The van der Waals surface area contributed by atoms with Crippen LogP contribution in [0.25, 0.3) is 0 Å². The zero-order valence-electron chi connectivity index (χ0n) is 9.59. The number of morpholine rings is 1.